The number of amides is 1. The standard InChI is InChI=1S/C26H26N2O4/c1-20(29)23-12-14-24(15-13-23)27-25(30)19-32-26(31)18-28(16-21-8-4-2-5-9-21)17-22-10-6-3-7-11-22/h2-15H,16-19H2,1H3,(H,27,30). The zero-order valence-electron chi connectivity index (χ0n) is 18.0. The van der Waals surface area contributed by atoms with Crippen LogP contribution >= 0.6 is 0 Å². The average molecular weight is 431 g/mol. The monoisotopic (exact) mass is 430 g/mol. The second-order valence-electron chi connectivity index (χ2n) is 7.46. The average Bonchev–Trinajstić information content (AvgIpc) is 2.79. The first-order valence-corrected chi connectivity index (χ1v) is 10.4. The van der Waals surface area contributed by atoms with Crippen LogP contribution < -0.4 is 5.32 Å². The quantitative estimate of drug-likeness (QED) is 0.388. The van der Waals surface area contributed by atoms with Crippen LogP contribution in [0.3, 0.4) is 0 Å². The van der Waals surface area contributed by atoms with Crippen LogP contribution in [0.15, 0.2) is 84.9 Å². The Morgan fingerprint density at radius 2 is 1.31 bits per heavy atom. The highest BCUT2D eigenvalue weighted by molar-refractivity contribution is 5.96. The number of ketones is 1. The minimum Gasteiger partial charge on any atom is -0.455 e. The Morgan fingerprint density at radius 1 is 0.781 bits per heavy atom. The molecule has 0 aromatic heterocycles. The lowest BCUT2D eigenvalue weighted by molar-refractivity contribution is -0.148. The van der Waals surface area contributed by atoms with E-state index in [1.54, 1.807) is 24.3 Å². The van der Waals surface area contributed by atoms with Gasteiger partial charge in [0.2, 0.25) is 0 Å². The molecule has 3 rings (SSSR count). The van der Waals surface area contributed by atoms with Gasteiger partial charge in [0.15, 0.2) is 12.4 Å². The van der Waals surface area contributed by atoms with Gasteiger partial charge >= 0.3 is 5.97 Å². The van der Waals surface area contributed by atoms with Gasteiger partial charge in [-0.05, 0) is 42.3 Å². The Labute approximate surface area is 187 Å². The number of rotatable bonds is 10. The SMILES string of the molecule is CC(=O)c1ccc(NC(=O)COC(=O)CN(Cc2ccccc2)Cc2ccccc2)cc1. The van der Waals surface area contributed by atoms with Crippen molar-refractivity contribution in [3.63, 3.8) is 0 Å². The molecule has 0 fully saturated rings. The molecule has 6 nitrogen and oxygen atoms in total. The maximum atomic E-state index is 12.4. The topological polar surface area (TPSA) is 75.7 Å². The summed E-state index contributed by atoms with van der Waals surface area (Å²) < 4.78 is 5.20. The Balaban J connectivity index is 1.53. The number of ether oxygens (including phenoxy) is 1. The maximum Gasteiger partial charge on any atom is 0.320 e. The molecule has 3 aromatic carbocycles. The van der Waals surface area contributed by atoms with E-state index in [-0.39, 0.29) is 18.9 Å². The molecule has 164 valence electrons. The van der Waals surface area contributed by atoms with Crippen LogP contribution in [0.25, 0.3) is 0 Å². The molecule has 1 N–H and O–H groups in total. The van der Waals surface area contributed by atoms with E-state index in [2.05, 4.69) is 5.32 Å². The molecule has 0 saturated heterocycles. The molecule has 0 aliphatic rings. The second-order valence-corrected chi connectivity index (χ2v) is 7.46. The van der Waals surface area contributed by atoms with Gasteiger partial charge in [-0.1, -0.05) is 60.7 Å². The van der Waals surface area contributed by atoms with Gasteiger partial charge in [0, 0.05) is 24.3 Å². The van der Waals surface area contributed by atoms with E-state index in [0.717, 1.165) is 11.1 Å². The molecule has 0 saturated carbocycles. The number of hydrogen-bond donors (Lipinski definition) is 1. The van der Waals surface area contributed by atoms with Crippen molar-refractivity contribution in [3.8, 4) is 0 Å². The van der Waals surface area contributed by atoms with Gasteiger partial charge < -0.3 is 10.1 Å². The van der Waals surface area contributed by atoms with Crippen LogP contribution in [-0.2, 0) is 27.4 Å². The van der Waals surface area contributed by atoms with Crippen LogP contribution in [0.4, 0.5) is 5.69 Å². The highest BCUT2D eigenvalue weighted by Gasteiger charge is 2.15. The first-order valence-electron chi connectivity index (χ1n) is 10.4. The molecule has 6 heteroatoms. The number of carbonyl (C=O) groups is 3. The Hall–Kier alpha value is -3.77. The molecule has 0 aliphatic heterocycles. The van der Waals surface area contributed by atoms with E-state index in [0.29, 0.717) is 24.3 Å². The summed E-state index contributed by atoms with van der Waals surface area (Å²) in [7, 11) is 0. The fourth-order valence-electron chi connectivity index (χ4n) is 3.21. The first-order chi connectivity index (χ1) is 15.5. The molecule has 1 amide bonds. The second kappa shape index (κ2) is 11.6. The van der Waals surface area contributed by atoms with Gasteiger partial charge in [0.1, 0.15) is 0 Å². The van der Waals surface area contributed by atoms with E-state index < -0.39 is 11.9 Å². The molecule has 0 aliphatic carbocycles. The molecule has 0 spiro atoms. The summed E-state index contributed by atoms with van der Waals surface area (Å²) in [6, 6.07) is 26.3. The van der Waals surface area contributed by atoms with Crippen molar-refractivity contribution in [2.75, 3.05) is 18.5 Å². The van der Waals surface area contributed by atoms with Crippen molar-refractivity contribution < 1.29 is 19.1 Å². The number of nitrogens with zero attached hydrogens (tertiary/aromatic N) is 1. The summed E-state index contributed by atoms with van der Waals surface area (Å²) in [6.07, 6.45) is 0. The summed E-state index contributed by atoms with van der Waals surface area (Å²) in [4.78, 5) is 37.9. The summed E-state index contributed by atoms with van der Waals surface area (Å²) in [5.74, 6) is -0.960. The number of Topliss-reactive ketones (excluding diaryl/α,β-unsaturated/α-hetero) is 1. The molecule has 0 heterocycles. The minimum atomic E-state index is -0.473. The highest BCUT2D eigenvalue weighted by atomic mass is 16.5. The van der Waals surface area contributed by atoms with Gasteiger partial charge in [-0.25, -0.2) is 0 Å². The number of hydrogen-bond acceptors (Lipinski definition) is 5. The Kier molecular flexibility index (Phi) is 8.29. The smallest absolute Gasteiger partial charge is 0.320 e. The van der Waals surface area contributed by atoms with Crippen LogP contribution in [0, 0.1) is 0 Å². The van der Waals surface area contributed by atoms with E-state index in [4.69, 9.17) is 4.74 Å². The molecule has 32 heavy (non-hydrogen) atoms. The number of carbonyl (C=O) groups excluding carboxylic acids is 3. The van der Waals surface area contributed by atoms with Crippen LogP contribution in [0.2, 0.25) is 0 Å². The molecular weight excluding hydrogens is 404 g/mol. The van der Waals surface area contributed by atoms with Gasteiger partial charge in [-0.2, -0.15) is 0 Å². The largest absolute Gasteiger partial charge is 0.455 e. The normalized spacial score (nSPS) is 10.6. The zero-order chi connectivity index (χ0) is 22.8. The fraction of sp³-hybridized carbons (Fsp3) is 0.192. The van der Waals surface area contributed by atoms with E-state index in [9.17, 15) is 14.4 Å². The predicted octanol–water partition coefficient (Wildman–Crippen LogP) is 4.07. The number of anilines is 1. The third-order valence-corrected chi connectivity index (χ3v) is 4.79. The summed E-state index contributed by atoms with van der Waals surface area (Å²) in [5, 5.41) is 2.66. The van der Waals surface area contributed by atoms with Gasteiger partial charge in [0.25, 0.3) is 5.91 Å². The molecule has 0 radical (unpaired) electrons. The molecule has 0 unspecified atom stereocenters. The molecule has 3 aromatic rings. The molecule has 0 bridgehead atoms. The van der Waals surface area contributed by atoms with Crippen molar-refractivity contribution in [1.82, 2.24) is 4.90 Å². The zero-order valence-corrected chi connectivity index (χ0v) is 18.0. The van der Waals surface area contributed by atoms with Crippen LogP contribution in [0.5, 0.6) is 0 Å². The predicted molar refractivity (Wildman–Crippen MR) is 123 cm³/mol. The van der Waals surface area contributed by atoms with Crippen LogP contribution in [0.1, 0.15) is 28.4 Å². The van der Waals surface area contributed by atoms with E-state index in [1.807, 2.05) is 65.6 Å². The van der Waals surface area contributed by atoms with E-state index >= 15 is 0 Å². The van der Waals surface area contributed by atoms with E-state index in [1.165, 1.54) is 6.92 Å². The van der Waals surface area contributed by atoms with Crippen LogP contribution in [-0.4, -0.2) is 35.7 Å². The number of esters is 1. The van der Waals surface area contributed by atoms with Gasteiger partial charge in [-0.15, -0.1) is 0 Å². The lowest BCUT2D eigenvalue weighted by Crippen LogP contribution is -2.32. The summed E-state index contributed by atoms with van der Waals surface area (Å²) in [6.45, 7) is 2.33. The van der Waals surface area contributed by atoms with Gasteiger partial charge in [-0.3, -0.25) is 19.3 Å². The van der Waals surface area contributed by atoms with Crippen molar-refractivity contribution in [2.45, 2.75) is 20.0 Å². The van der Waals surface area contributed by atoms with Gasteiger partial charge in [0.05, 0.1) is 6.54 Å². The summed E-state index contributed by atoms with van der Waals surface area (Å²) >= 11 is 0. The number of benzene rings is 3. The summed E-state index contributed by atoms with van der Waals surface area (Å²) in [5.41, 5.74) is 3.27. The third kappa shape index (κ3) is 7.49. The van der Waals surface area contributed by atoms with Crippen molar-refractivity contribution in [3.05, 3.63) is 102 Å². The Morgan fingerprint density at radius 3 is 1.81 bits per heavy atom. The fourth-order valence-corrected chi connectivity index (χ4v) is 3.21. The highest BCUT2D eigenvalue weighted by Crippen LogP contribution is 2.11. The maximum absolute atomic E-state index is 12.4. The third-order valence-electron chi connectivity index (χ3n) is 4.79. The van der Waals surface area contributed by atoms with Crippen molar-refractivity contribution in [2.24, 2.45) is 0 Å². The first kappa shape index (κ1) is 22.9. The number of nitrogens with one attached hydrogen (secondary N) is 1. The Bertz CT molecular complexity index is 993. The van der Waals surface area contributed by atoms with Crippen molar-refractivity contribution in [1.29, 1.82) is 0 Å². The lowest BCUT2D eigenvalue weighted by Gasteiger charge is -2.21. The molecule has 0 atom stereocenters. The molecular formula is C26H26N2O4. The van der Waals surface area contributed by atoms with Crippen molar-refractivity contribution >= 4 is 23.3 Å². The lowest BCUT2D eigenvalue weighted by atomic mass is 10.1. The minimum absolute atomic E-state index is 0.0487.